The minimum atomic E-state index is -0.413. The number of carbonyl (C=O) groups excluding carboxylic acids is 2. The van der Waals surface area contributed by atoms with E-state index in [0.29, 0.717) is 19.4 Å². The van der Waals surface area contributed by atoms with Crippen LogP contribution in [0.15, 0.2) is 0 Å². The van der Waals surface area contributed by atoms with E-state index in [2.05, 4.69) is 10.8 Å². The summed E-state index contributed by atoms with van der Waals surface area (Å²) >= 11 is 0. The van der Waals surface area contributed by atoms with Crippen LogP contribution in [0.25, 0.3) is 0 Å². The average molecular weight is 243 g/mol. The van der Waals surface area contributed by atoms with Crippen molar-refractivity contribution in [1.29, 1.82) is 0 Å². The lowest BCUT2D eigenvalue weighted by Gasteiger charge is -2.22. The van der Waals surface area contributed by atoms with Gasteiger partial charge in [0.25, 0.3) is 0 Å². The monoisotopic (exact) mass is 243 g/mol. The van der Waals surface area contributed by atoms with Gasteiger partial charge in [-0.2, -0.15) is 0 Å². The minimum Gasteiger partial charge on any atom is -0.347 e. The molecule has 0 aromatic carbocycles. The van der Waals surface area contributed by atoms with Crippen molar-refractivity contribution in [3.8, 4) is 0 Å². The van der Waals surface area contributed by atoms with Gasteiger partial charge in [0, 0.05) is 19.6 Å². The zero-order valence-corrected chi connectivity index (χ0v) is 10.0. The van der Waals surface area contributed by atoms with E-state index in [9.17, 15) is 9.59 Å². The predicted octanol–water partition coefficient (Wildman–Crippen LogP) is -0.127. The summed E-state index contributed by atoms with van der Waals surface area (Å²) in [4.78, 5) is 24.3. The summed E-state index contributed by atoms with van der Waals surface area (Å²) in [5, 5.41) is 11.0. The first-order valence-electron chi connectivity index (χ1n) is 6.15. The number of likely N-dealkylation sites (tertiary alicyclic amines) is 1. The normalized spacial score (nSPS) is 16.9. The van der Waals surface area contributed by atoms with Crippen LogP contribution >= 0.6 is 0 Å². The van der Waals surface area contributed by atoms with E-state index in [1.165, 1.54) is 0 Å². The number of hydroxylamine groups is 1. The predicted molar refractivity (Wildman–Crippen MR) is 62.4 cm³/mol. The van der Waals surface area contributed by atoms with Crippen molar-refractivity contribution in [2.75, 3.05) is 19.6 Å². The fourth-order valence-corrected chi connectivity index (χ4v) is 2.07. The summed E-state index contributed by atoms with van der Waals surface area (Å²) in [6.07, 6.45) is 4.88. The van der Waals surface area contributed by atoms with Crippen LogP contribution < -0.4 is 10.8 Å². The second-order valence-corrected chi connectivity index (χ2v) is 4.27. The van der Waals surface area contributed by atoms with Crippen LogP contribution in [0.2, 0.25) is 0 Å². The quantitative estimate of drug-likeness (QED) is 0.315. The van der Waals surface area contributed by atoms with Crippen LogP contribution in [0, 0.1) is 0 Å². The molecule has 0 bridgehead atoms. The molecule has 6 heteroatoms. The Balaban J connectivity index is 2.34. The van der Waals surface area contributed by atoms with Gasteiger partial charge < -0.3 is 15.4 Å². The van der Waals surface area contributed by atoms with Crippen LogP contribution in [-0.2, 0) is 9.59 Å². The number of nitrogens with zero attached hydrogens (tertiary/aromatic N) is 1. The molecule has 98 valence electrons. The van der Waals surface area contributed by atoms with Crippen molar-refractivity contribution in [1.82, 2.24) is 15.7 Å². The first-order chi connectivity index (χ1) is 8.29. The van der Waals surface area contributed by atoms with Gasteiger partial charge in [0.1, 0.15) is 6.04 Å². The molecular formula is C11H21N3O3. The maximum atomic E-state index is 12.0. The number of nitrogens with one attached hydrogen (secondary N) is 2. The minimum absolute atomic E-state index is 0.0200. The molecule has 1 heterocycles. The number of rotatable bonds is 8. The highest BCUT2D eigenvalue weighted by Gasteiger charge is 2.25. The molecule has 0 unspecified atom stereocenters. The molecule has 1 aliphatic rings. The summed E-state index contributed by atoms with van der Waals surface area (Å²) in [7, 11) is 0. The molecule has 1 aliphatic heterocycles. The van der Waals surface area contributed by atoms with E-state index < -0.39 is 6.04 Å². The highest BCUT2D eigenvalue weighted by atomic mass is 16.5. The van der Waals surface area contributed by atoms with Gasteiger partial charge in [0.2, 0.25) is 12.3 Å². The van der Waals surface area contributed by atoms with E-state index >= 15 is 0 Å². The highest BCUT2D eigenvalue weighted by molar-refractivity contribution is 5.83. The summed E-state index contributed by atoms with van der Waals surface area (Å²) in [6, 6.07) is -0.413. The van der Waals surface area contributed by atoms with Crippen LogP contribution in [0.4, 0.5) is 0 Å². The Bertz CT molecular complexity index is 242. The second-order valence-electron chi connectivity index (χ2n) is 4.27. The second kappa shape index (κ2) is 8.03. The molecule has 0 aromatic heterocycles. The number of unbranched alkanes of at least 4 members (excludes halogenated alkanes) is 1. The third kappa shape index (κ3) is 4.70. The largest absolute Gasteiger partial charge is 0.347 e. The van der Waals surface area contributed by atoms with Crippen molar-refractivity contribution in [2.45, 2.75) is 38.1 Å². The lowest BCUT2D eigenvalue weighted by molar-refractivity contribution is -0.134. The van der Waals surface area contributed by atoms with Crippen molar-refractivity contribution >= 4 is 12.3 Å². The third-order valence-corrected chi connectivity index (χ3v) is 3.02. The molecule has 1 atom stereocenters. The number of hydrogen-bond donors (Lipinski definition) is 3. The van der Waals surface area contributed by atoms with E-state index in [1.807, 2.05) is 4.90 Å². The molecular weight excluding hydrogens is 222 g/mol. The van der Waals surface area contributed by atoms with Crippen molar-refractivity contribution in [3.63, 3.8) is 0 Å². The van der Waals surface area contributed by atoms with E-state index in [-0.39, 0.29) is 5.91 Å². The first-order valence-corrected chi connectivity index (χ1v) is 6.15. The zero-order chi connectivity index (χ0) is 12.5. The van der Waals surface area contributed by atoms with E-state index in [4.69, 9.17) is 5.21 Å². The van der Waals surface area contributed by atoms with E-state index in [0.717, 1.165) is 38.8 Å². The molecule has 0 aliphatic carbocycles. The smallest absolute Gasteiger partial charge is 0.245 e. The maximum absolute atomic E-state index is 12.0. The van der Waals surface area contributed by atoms with Gasteiger partial charge in [-0.1, -0.05) is 0 Å². The summed E-state index contributed by atoms with van der Waals surface area (Å²) in [5.74, 6) is 0.0200. The van der Waals surface area contributed by atoms with Gasteiger partial charge in [-0.15, -0.1) is 0 Å². The average Bonchev–Trinajstić information content (AvgIpc) is 2.86. The van der Waals surface area contributed by atoms with Gasteiger partial charge in [-0.05, 0) is 32.1 Å². The number of hydrogen-bond acceptors (Lipinski definition) is 4. The summed E-state index contributed by atoms with van der Waals surface area (Å²) in [5.41, 5.74) is 2.07. The van der Waals surface area contributed by atoms with Crippen LogP contribution in [0.1, 0.15) is 32.1 Å². The van der Waals surface area contributed by atoms with Crippen LogP contribution in [-0.4, -0.2) is 48.1 Å². The van der Waals surface area contributed by atoms with Crippen LogP contribution in [0.3, 0.4) is 0 Å². The van der Waals surface area contributed by atoms with Gasteiger partial charge in [-0.25, -0.2) is 5.48 Å². The maximum Gasteiger partial charge on any atom is 0.245 e. The standard InChI is InChI=1S/C11H21N3O3/c15-9-12-10(5-1-2-6-13-17)11(16)14-7-3-4-8-14/h9-10,13,17H,1-8H2,(H,12,15)/t10-/m0/s1. The molecule has 2 amide bonds. The highest BCUT2D eigenvalue weighted by Crippen LogP contribution is 2.11. The van der Waals surface area contributed by atoms with Gasteiger partial charge in [0.05, 0.1) is 0 Å². The lowest BCUT2D eigenvalue weighted by Crippen LogP contribution is -2.45. The molecule has 0 spiro atoms. The van der Waals surface area contributed by atoms with Crippen LogP contribution in [0.5, 0.6) is 0 Å². The molecule has 0 aromatic rings. The van der Waals surface area contributed by atoms with Gasteiger partial charge in [-0.3, -0.25) is 9.59 Å². The number of amides is 2. The Hall–Kier alpha value is -1.14. The molecule has 1 saturated heterocycles. The lowest BCUT2D eigenvalue weighted by atomic mass is 10.1. The first kappa shape index (κ1) is 13.9. The van der Waals surface area contributed by atoms with E-state index in [1.54, 1.807) is 0 Å². The van der Waals surface area contributed by atoms with Gasteiger partial charge in [0.15, 0.2) is 0 Å². The molecule has 1 rings (SSSR count). The Kier molecular flexibility index (Phi) is 6.57. The van der Waals surface area contributed by atoms with Crippen molar-refractivity contribution in [3.05, 3.63) is 0 Å². The van der Waals surface area contributed by atoms with Crippen molar-refractivity contribution in [2.24, 2.45) is 0 Å². The topological polar surface area (TPSA) is 81.7 Å². The fraction of sp³-hybridized carbons (Fsp3) is 0.818. The Morgan fingerprint density at radius 1 is 1.35 bits per heavy atom. The molecule has 0 radical (unpaired) electrons. The summed E-state index contributed by atoms with van der Waals surface area (Å²) < 4.78 is 0. The van der Waals surface area contributed by atoms with Gasteiger partial charge >= 0.3 is 0 Å². The Morgan fingerprint density at radius 3 is 2.65 bits per heavy atom. The SMILES string of the molecule is O=CN[C@@H](CCCCNO)C(=O)N1CCCC1. The molecule has 17 heavy (non-hydrogen) atoms. The molecule has 1 fully saturated rings. The fourth-order valence-electron chi connectivity index (χ4n) is 2.07. The number of carbonyl (C=O) groups is 2. The summed E-state index contributed by atoms with van der Waals surface area (Å²) in [6.45, 7) is 2.11. The molecule has 6 nitrogen and oxygen atoms in total. The molecule has 0 saturated carbocycles. The Labute approximate surface area is 101 Å². The Morgan fingerprint density at radius 2 is 2.06 bits per heavy atom. The molecule has 3 N–H and O–H groups in total. The third-order valence-electron chi connectivity index (χ3n) is 3.02. The van der Waals surface area contributed by atoms with Crippen molar-refractivity contribution < 1.29 is 14.8 Å². The zero-order valence-electron chi connectivity index (χ0n) is 10.0.